The standard InChI is InChI=1S/C19H24N2O3S2/c1-14-11-17(12-18(15(14)2)26(23,24)20-3)19(22)21-9-10-25-13-16-7-5-4-6-8-16/h4-8,11-12,20H,9-10,13H2,1-3H3,(H,21,22). The summed E-state index contributed by atoms with van der Waals surface area (Å²) >= 11 is 1.74. The molecular formula is C19H24N2O3S2. The SMILES string of the molecule is CNS(=O)(=O)c1cc(C(=O)NCCSCc2ccccc2)cc(C)c1C. The second kappa shape index (κ2) is 9.21. The molecule has 0 unspecified atom stereocenters. The average Bonchev–Trinajstić information content (AvgIpc) is 2.64. The lowest BCUT2D eigenvalue weighted by Crippen LogP contribution is -2.27. The molecule has 7 heteroatoms. The maximum absolute atomic E-state index is 12.4. The van der Waals surface area contributed by atoms with Crippen molar-refractivity contribution < 1.29 is 13.2 Å². The van der Waals surface area contributed by atoms with E-state index in [9.17, 15) is 13.2 Å². The van der Waals surface area contributed by atoms with Crippen LogP contribution in [-0.4, -0.2) is 33.7 Å². The van der Waals surface area contributed by atoms with E-state index >= 15 is 0 Å². The molecule has 0 aliphatic carbocycles. The molecule has 0 aliphatic rings. The Labute approximate surface area is 159 Å². The van der Waals surface area contributed by atoms with Crippen LogP contribution >= 0.6 is 11.8 Å². The Kier molecular flexibility index (Phi) is 7.25. The first kappa shape index (κ1) is 20.5. The molecule has 0 saturated carbocycles. The monoisotopic (exact) mass is 392 g/mol. The zero-order valence-corrected chi connectivity index (χ0v) is 16.8. The molecule has 0 saturated heterocycles. The Morgan fingerprint density at radius 2 is 1.81 bits per heavy atom. The van der Waals surface area contributed by atoms with Crippen LogP contribution in [0.5, 0.6) is 0 Å². The van der Waals surface area contributed by atoms with Crippen LogP contribution < -0.4 is 10.0 Å². The zero-order chi connectivity index (χ0) is 19.2. The largest absolute Gasteiger partial charge is 0.351 e. The first-order chi connectivity index (χ1) is 12.3. The molecule has 0 aromatic heterocycles. The molecule has 0 bridgehead atoms. The van der Waals surface area contributed by atoms with Gasteiger partial charge in [0, 0.05) is 23.6 Å². The van der Waals surface area contributed by atoms with Crippen molar-refractivity contribution in [2.75, 3.05) is 19.3 Å². The number of rotatable bonds is 8. The van der Waals surface area contributed by atoms with E-state index in [1.807, 2.05) is 18.2 Å². The van der Waals surface area contributed by atoms with Crippen molar-refractivity contribution in [1.29, 1.82) is 0 Å². The van der Waals surface area contributed by atoms with E-state index in [2.05, 4.69) is 22.2 Å². The van der Waals surface area contributed by atoms with Crippen molar-refractivity contribution in [1.82, 2.24) is 10.0 Å². The third-order valence-electron chi connectivity index (χ3n) is 4.08. The highest BCUT2D eigenvalue weighted by atomic mass is 32.2. The molecule has 0 spiro atoms. The lowest BCUT2D eigenvalue weighted by Gasteiger charge is -2.12. The van der Waals surface area contributed by atoms with Gasteiger partial charge in [0.1, 0.15) is 0 Å². The number of amides is 1. The van der Waals surface area contributed by atoms with Gasteiger partial charge in [0.25, 0.3) is 5.91 Å². The Morgan fingerprint density at radius 1 is 1.12 bits per heavy atom. The molecule has 0 heterocycles. The normalized spacial score (nSPS) is 11.3. The highest BCUT2D eigenvalue weighted by molar-refractivity contribution is 7.98. The maximum atomic E-state index is 12.4. The smallest absolute Gasteiger partial charge is 0.251 e. The van der Waals surface area contributed by atoms with Crippen molar-refractivity contribution in [3.8, 4) is 0 Å². The Balaban J connectivity index is 1.95. The highest BCUT2D eigenvalue weighted by Crippen LogP contribution is 2.21. The van der Waals surface area contributed by atoms with Crippen molar-refractivity contribution in [3.05, 3.63) is 64.7 Å². The summed E-state index contributed by atoms with van der Waals surface area (Å²) in [4.78, 5) is 12.5. The van der Waals surface area contributed by atoms with E-state index in [4.69, 9.17) is 0 Å². The van der Waals surface area contributed by atoms with Crippen LogP contribution in [0.3, 0.4) is 0 Å². The van der Waals surface area contributed by atoms with Gasteiger partial charge < -0.3 is 5.32 Å². The van der Waals surface area contributed by atoms with Gasteiger partial charge in [0.05, 0.1) is 4.90 Å². The van der Waals surface area contributed by atoms with Gasteiger partial charge in [-0.05, 0) is 49.7 Å². The minimum Gasteiger partial charge on any atom is -0.351 e. The summed E-state index contributed by atoms with van der Waals surface area (Å²) in [5, 5.41) is 2.85. The fourth-order valence-corrected chi connectivity index (χ4v) is 4.34. The maximum Gasteiger partial charge on any atom is 0.251 e. The van der Waals surface area contributed by atoms with Gasteiger partial charge in [-0.15, -0.1) is 0 Å². The molecular weight excluding hydrogens is 368 g/mol. The molecule has 1 amide bonds. The highest BCUT2D eigenvalue weighted by Gasteiger charge is 2.19. The van der Waals surface area contributed by atoms with Crippen LogP contribution in [0.4, 0.5) is 0 Å². The van der Waals surface area contributed by atoms with Gasteiger partial charge >= 0.3 is 0 Å². The lowest BCUT2D eigenvalue weighted by atomic mass is 10.1. The van der Waals surface area contributed by atoms with Gasteiger partial charge in [-0.1, -0.05) is 30.3 Å². The molecule has 2 rings (SSSR count). The minimum absolute atomic E-state index is 0.142. The van der Waals surface area contributed by atoms with E-state index < -0.39 is 10.0 Å². The van der Waals surface area contributed by atoms with E-state index in [-0.39, 0.29) is 10.8 Å². The number of carbonyl (C=O) groups excluding carboxylic acids is 1. The van der Waals surface area contributed by atoms with Gasteiger partial charge in [0.2, 0.25) is 10.0 Å². The Hall–Kier alpha value is -1.83. The molecule has 140 valence electrons. The molecule has 0 fully saturated rings. The van der Waals surface area contributed by atoms with Gasteiger partial charge in [-0.2, -0.15) is 11.8 Å². The van der Waals surface area contributed by atoms with Crippen LogP contribution in [0.15, 0.2) is 47.4 Å². The van der Waals surface area contributed by atoms with E-state index in [0.29, 0.717) is 17.7 Å². The molecule has 0 radical (unpaired) electrons. The quantitative estimate of drug-likeness (QED) is 0.678. The van der Waals surface area contributed by atoms with Crippen LogP contribution in [0.1, 0.15) is 27.0 Å². The number of carbonyl (C=O) groups is 1. The molecule has 5 nitrogen and oxygen atoms in total. The van der Waals surface area contributed by atoms with Crippen LogP contribution in [0.25, 0.3) is 0 Å². The third-order valence-corrected chi connectivity index (χ3v) is 6.65. The first-order valence-corrected chi connectivity index (χ1v) is 10.9. The number of hydrogen-bond acceptors (Lipinski definition) is 4. The van der Waals surface area contributed by atoms with Crippen molar-refractivity contribution in [3.63, 3.8) is 0 Å². The van der Waals surface area contributed by atoms with Crippen molar-refractivity contribution >= 4 is 27.7 Å². The summed E-state index contributed by atoms with van der Waals surface area (Å²) in [5.41, 5.74) is 3.02. The molecule has 0 aliphatic heterocycles. The van der Waals surface area contributed by atoms with E-state index in [1.54, 1.807) is 31.7 Å². The van der Waals surface area contributed by atoms with Crippen molar-refractivity contribution in [2.45, 2.75) is 24.5 Å². The Bertz CT molecular complexity index is 866. The summed E-state index contributed by atoms with van der Waals surface area (Å²) in [6.45, 7) is 4.06. The zero-order valence-electron chi connectivity index (χ0n) is 15.2. The lowest BCUT2D eigenvalue weighted by molar-refractivity contribution is 0.0956. The van der Waals surface area contributed by atoms with Crippen LogP contribution in [0.2, 0.25) is 0 Å². The third kappa shape index (κ3) is 5.33. The first-order valence-electron chi connectivity index (χ1n) is 8.30. The average molecular weight is 393 g/mol. The topological polar surface area (TPSA) is 75.3 Å². The molecule has 2 aromatic rings. The molecule has 2 aromatic carbocycles. The number of benzene rings is 2. The second-order valence-electron chi connectivity index (χ2n) is 5.92. The molecule has 26 heavy (non-hydrogen) atoms. The summed E-state index contributed by atoms with van der Waals surface area (Å²) < 4.78 is 26.6. The fraction of sp³-hybridized carbons (Fsp3) is 0.316. The summed E-state index contributed by atoms with van der Waals surface area (Å²) in [7, 11) is -2.24. The predicted molar refractivity (Wildman–Crippen MR) is 107 cm³/mol. The second-order valence-corrected chi connectivity index (χ2v) is 8.88. The summed E-state index contributed by atoms with van der Waals surface area (Å²) in [6.07, 6.45) is 0. The van der Waals surface area contributed by atoms with E-state index in [1.165, 1.54) is 18.7 Å². The molecule has 0 atom stereocenters. The number of sulfonamides is 1. The number of thioether (sulfide) groups is 1. The van der Waals surface area contributed by atoms with Gasteiger partial charge in [-0.25, -0.2) is 13.1 Å². The van der Waals surface area contributed by atoms with E-state index in [0.717, 1.165) is 17.1 Å². The summed E-state index contributed by atoms with van der Waals surface area (Å²) in [6, 6.07) is 13.3. The predicted octanol–water partition coefficient (Wildman–Crippen LogP) is 2.87. The van der Waals surface area contributed by atoms with Crippen molar-refractivity contribution in [2.24, 2.45) is 0 Å². The molecule has 2 N–H and O–H groups in total. The summed E-state index contributed by atoms with van der Waals surface area (Å²) in [5.74, 6) is 1.42. The number of hydrogen-bond donors (Lipinski definition) is 2. The number of aryl methyl sites for hydroxylation is 1. The number of nitrogens with one attached hydrogen (secondary N) is 2. The van der Waals surface area contributed by atoms with Crippen LogP contribution in [0, 0.1) is 13.8 Å². The fourth-order valence-electron chi connectivity index (χ4n) is 2.45. The van der Waals surface area contributed by atoms with Crippen LogP contribution in [-0.2, 0) is 15.8 Å². The minimum atomic E-state index is -3.60. The van der Waals surface area contributed by atoms with Gasteiger partial charge in [-0.3, -0.25) is 4.79 Å². The Morgan fingerprint density at radius 3 is 2.46 bits per heavy atom. The van der Waals surface area contributed by atoms with Gasteiger partial charge in [0.15, 0.2) is 0 Å².